The molecule has 1 amide bonds. The summed E-state index contributed by atoms with van der Waals surface area (Å²) in [5.41, 5.74) is 2.45. The molecule has 0 radical (unpaired) electrons. The van der Waals surface area contributed by atoms with E-state index in [1.807, 2.05) is 31.0 Å². The quantitative estimate of drug-likeness (QED) is 0.642. The van der Waals surface area contributed by atoms with Gasteiger partial charge in [-0.15, -0.1) is 0 Å². The standard InChI is InChI=1S/C14H17ClN4O/c1-5-18(3)12-6-10-11(7-13(12)19(4)8-20)16-9(2)17-14(10)15/h6-8H,5H2,1-4H3. The Morgan fingerprint density at radius 2 is 1.95 bits per heavy atom. The summed E-state index contributed by atoms with van der Waals surface area (Å²) in [6, 6.07) is 3.79. The van der Waals surface area contributed by atoms with Crippen molar-refractivity contribution in [3.63, 3.8) is 0 Å². The van der Waals surface area contributed by atoms with Crippen LogP contribution in [0.15, 0.2) is 12.1 Å². The summed E-state index contributed by atoms with van der Waals surface area (Å²) < 4.78 is 0. The number of aryl methyl sites for hydroxylation is 1. The van der Waals surface area contributed by atoms with E-state index in [0.29, 0.717) is 11.0 Å². The number of benzene rings is 1. The number of hydrogen-bond acceptors (Lipinski definition) is 4. The number of fused-ring (bicyclic) bond motifs is 1. The van der Waals surface area contributed by atoms with E-state index in [1.54, 1.807) is 14.0 Å². The van der Waals surface area contributed by atoms with Gasteiger partial charge in [0.1, 0.15) is 11.0 Å². The van der Waals surface area contributed by atoms with Crippen molar-refractivity contribution in [3.8, 4) is 0 Å². The van der Waals surface area contributed by atoms with Crippen LogP contribution in [0.1, 0.15) is 12.7 Å². The number of hydrogen-bond donors (Lipinski definition) is 0. The summed E-state index contributed by atoms with van der Waals surface area (Å²) in [4.78, 5) is 23.2. The van der Waals surface area contributed by atoms with Gasteiger partial charge in [-0.1, -0.05) is 11.6 Å². The summed E-state index contributed by atoms with van der Waals surface area (Å²) in [6.07, 6.45) is 0.782. The highest BCUT2D eigenvalue weighted by Gasteiger charge is 2.14. The minimum absolute atomic E-state index is 0.429. The summed E-state index contributed by atoms with van der Waals surface area (Å²) in [6.45, 7) is 4.65. The fourth-order valence-corrected chi connectivity index (χ4v) is 2.31. The minimum atomic E-state index is 0.429. The molecule has 0 unspecified atom stereocenters. The highest BCUT2D eigenvalue weighted by molar-refractivity contribution is 6.34. The lowest BCUT2D eigenvalue weighted by Crippen LogP contribution is -2.22. The van der Waals surface area contributed by atoms with Crippen molar-refractivity contribution in [1.82, 2.24) is 9.97 Å². The lowest BCUT2D eigenvalue weighted by molar-refractivity contribution is -0.107. The second kappa shape index (κ2) is 5.63. The molecule has 2 rings (SSSR count). The molecule has 2 aromatic rings. The van der Waals surface area contributed by atoms with Gasteiger partial charge in [-0.3, -0.25) is 4.79 Å². The molecule has 0 aliphatic heterocycles. The Bertz CT molecular complexity index is 659. The van der Waals surface area contributed by atoms with Crippen molar-refractivity contribution in [2.75, 3.05) is 30.4 Å². The maximum Gasteiger partial charge on any atom is 0.213 e. The zero-order chi connectivity index (χ0) is 14.9. The normalized spacial score (nSPS) is 10.7. The predicted molar refractivity (Wildman–Crippen MR) is 82.7 cm³/mol. The van der Waals surface area contributed by atoms with Crippen LogP contribution in [0.3, 0.4) is 0 Å². The molecule has 0 N–H and O–H groups in total. The lowest BCUT2D eigenvalue weighted by atomic mass is 10.1. The van der Waals surface area contributed by atoms with Crippen molar-refractivity contribution in [2.24, 2.45) is 0 Å². The number of anilines is 2. The molecule has 20 heavy (non-hydrogen) atoms. The van der Waals surface area contributed by atoms with E-state index in [9.17, 15) is 4.79 Å². The van der Waals surface area contributed by atoms with Crippen molar-refractivity contribution in [2.45, 2.75) is 13.8 Å². The number of carbonyl (C=O) groups excluding carboxylic acids is 1. The summed E-state index contributed by atoms with van der Waals surface area (Å²) >= 11 is 6.20. The fraction of sp³-hybridized carbons (Fsp3) is 0.357. The molecular weight excluding hydrogens is 276 g/mol. The lowest BCUT2D eigenvalue weighted by Gasteiger charge is -2.24. The number of nitrogens with zero attached hydrogens (tertiary/aromatic N) is 4. The molecule has 106 valence electrons. The van der Waals surface area contributed by atoms with Gasteiger partial charge >= 0.3 is 0 Å². The molecule has 1 aromatic heterocycles. The van der Waals surface area contributed by atoms with Gasteiger partial charge in [0.25, 0.3) is 0 Å². The van der Waals surface area contributed by atoms with Crippen LogP contribution >= 0.6 is 11.6 Å². The Morgan fingerprint density at radius 3 is 2.55 bits per heavy atom. The largest absolute Gasteiger partial charge is 0.373 e. The van der Waals surface area contributed by atoms with Gasteiger partial charge in [0, 0.05) is 26.0 Å². The predicted octanol–water partition coefficient (Wildman–Crippen LogP) is 2.64. The van der Waals surface area contributed by atoms with Gasteiger partial charge < -0.3 is 9.80 Å². The van der Waals surface area contributed by atoms with Crippen LogP contribution in [0.5, 0.6) is 0 Å². The number of aromatic nitrogens is 2. The summed E-state index contributed by atoms with van der Waals surface area (Å²) in [7, 11) is 3.68. The monoisotopic (exact) mass is 292 g/mol. The van der Waals surface area contributed by atoms with E-state index in [2.05, 4.69) is 9.97 Å². The van der Waals surface area contributed by atoms with Crippen LogP contribution in [0.25, 0.3) is 10.9 Å². The maximum atomic E-state index is 11.1. The van der Waals surface area contributed by atoms with Crippen molar-refractivity contribution < 1.29 is 4.79 Å². The number of rotatable bonds is 4. The van der Waals surface area contributed by atoms with E-state index in [-0.39, 0.29) is 0 Å². The molecule has 0 saturated heterocycles. The van der Waals surface area contributed by atoms with Crippen LogP contribution < -0.4 is 9.80 Å². The molecule has 0 bridgehead atoms. The van der Waals surface area contributed by atoms with Crippen molar-refractivity contribution >= 4 is 40.3 Å². The highest BCUT2D eigenvalue weighted by atomic mass is 35.5. The SMILES string of the molecule is CCN(C)c1cc2c(Cl)nc(C)nc2cc1N(C)C=O. The van der Waals surface area contributed by atoms with Gasteiger partial charge in [0.05, 0.1) is 16.9 Å². The molecule has 0 spiro atoms. The number of halogens is 1. The zero-order valence-electron chi connectivity index (χ0n) is 12.0. The Balaban J connectivity index is 2.77. The molecule has 0 saturated carbocycles. The van der Waals surface area contributed by atoms with Gasteiger partial charge in [0.15, 0.2) is 0 Å². The van der Waals surface area contributed by atoms with Crippen LogP contribution in [-0.2, 0) is 4.79 Å². The molecule has 0 atom stereocenters. The van der Waals surface area contributed by atoms with Crippen LogP contribution in [0.4, 0.5) is 11.4 Å². The maximum absolute atomic E-state index is 11.1. The molecule has 0 aliphatic rings. The van der Waals surface area contributed by atoms with Gasteiger partial charge in [-0.25, -0.2) is 9.97 Å². The van der Waals surface area contributed by atoms with Crippen molar-refractivity contribution in [3.05, 3.63) is 23.1 Å². The third-order valence-corrected chi connectivity index (χ3v) is 3.57. The average molecular weight is 293 g/mol. The zero-order valence-corrected chi connectivity index (χ0v) is 12.8. The Hall–Kier alpha value is -1.88. The molecule has 1 aromatic carbocycles. The topological polar surface area (TPSA) is 49.3 Å². The second-order valence-electron chi connectivity index (χ2n) is 4.65. The number of carbonyl (C=O) groups is 1. The molecule has 5 nitrogen and oxygen atoms in total. The highest BCUT2D eigenvalue weighted by Crippen LogP contribution is 2.34. The first-order valence-electron chi connectivity index (χ1n) is 6.35. The van der Waals surface area contributed by atoms with E-state index >= 15 is 0 Å². The van der Waals surface area contributed by atoms with E-state index < -0.39 is 0 Å². The van der Waals surface area contributed by atoms with E-state index in [0.717, 1.165) is 35.2 Å². The third kappa shape index (κ3) is 2.54. The minimum Gasteiger partial charge on any atom is -0.373 e. The van der Waals surface area contributed by atoms with Gasteiger partial charge in [-0.05, 0) is 26.0 Å². The first-order chi connectivity index (χ1) is 9.47. The summed E-state index contributed by atoms with van der Waals surface area (Å²) in [5, 5.41) is 1.22. The van der Waals surface area contributed by atoms with Gasteiger partial charge in [-0.2, -0.15) is 0 Å². The molecule has 1 heterocycles. The molecule has 0 aliphatic carbocycles. The molecular formula is C14H17ClN4O. The second-order valence-corrected chi connectivity index (χ2v) is 5.01. The average Bonchev–Trinajstić information content (AvgIpc) is 2.44. The summed E-state index contributed by atoms with van der Waals surface area (Å²) in [5.74, 6) is 0.610. The third-order valence-electron chi connectivity index (χ3n) is 3.28. The van der Waals surface area contributed by atoms with Crippen LogP contribution in [0, 0.1) is 6.92 Å². The van der Waals surface area contributed by atoms with E-state index in [4.69, 9.17) is 11.6 Å². The first kappa shape index (κ1) is 14.5. The molecule has 0 fully saturated rings. The number of amides is 1. The Kier molecular flexibility index (Phi) is 4.09. The Labute approximate surface area is 123 Å². The Morgan fingerprint density at radius 1 is 1.25 bits per heavy atom. The fourth-order valence-electron chi connectivity index (χ4n) is 2.04. The van der Waals surface area contributed by atoms with E-state index in [1.165, 1.54) is 4.90 Å². The van der Waals surface area contributed by atoms with Crippen LogP contribution in [0.2, 0.25) is 5.15 Å². The first-order valence-corrected chi connectivity index (χ1v) is 6.72. The van der Waals surface area contributed by atoms with Gasteiger partial charge in [0.2, 0.25) is 6.41 Å². The van der Waals surface area contributed by atoms with Crippen LogP contribution in [-0.4, -0.2) is 37.0 Å². The van der Waals surface area contributed by atoms with Crippen molar-refractivity contribution in [1.29, 1.82) is 0 Å². The smallest absolute Gasteiger partial charge is 0.213 e. The molecule has 6 heteroatoms.